The van der Waals surface area contributed by atoms with Gasteiger partial charge in [-0.15, -0.1) is 0 Å². The Kier molecular flexibility index (Phi) is 4.15. The van der Waals surface area contributed by atoms with Crippen molar-refractivity contribution < 1.29 is 18.7 Å². The van der Waals surface area contributed by atoms with Gasteiger partial charge in [0.25, 0.3) is 6.43 Å². The van der Waals surface area contributed by atoms with Crippen LogP contribution in [0.2, 0.25) is 0 Å². The third kappa shape index (κ3) is 3.20. The predicted octanol–water partition coefficient (Wildman–Crippen LogP) is 3.17. The normalized spacial score (nSPS) is 10.7. The van der Waals surface area contributed by atoms with E-state index >= 15 is 0 Å². The minimum Gasteiger partial charge on any atom is -0.481 e. The summed E-state index contributed by atoms with van der Waals surface area (Å²) in [6.45, 7) is 0. The Balaban J connectivity index is 3.13. The number of carbonyl (C=O) groups is 1. The van der Waals surface area contributed by atoms with Crippen LogP contribution in [0.4, 0.5) is 8.78 Å². The van der Waals surface area contributed by atoms with Crippen LogP contribution in [0.15, 0.2) is 15.1 Å². The summed E-state index contributed by atoms with van der Waals surface area (Å²) < 4.78 is 25.0. The van der Waals surface area contributed by atoms with Crippen LogP contribution < -0.4 is 0 Å². The lowest BCUT2D eigenvalue weighted by atomic mass is 10.2. The zero-order valence-electron chi connectivity index (χ0n) is 7.18. The summed E-state index contributed by atoms with van der Waals surface area (Å²) in [5, 5.41) is 8.51. The molecule has 0 saturated carbocycles. The molecule has 0 spiro atoms. The Labute approximate surface area is 101 Å². The fraction of sp³-hybridized carbons (Fsp3) is 0.250. The van der Waals surface area contributed by atoms with Crippen LogP contribution >= 0.6 is 31.9 Å². The zero-order chi connectivity index (χ0) is 11.6. The van der Waals surface area contributed by atoms with E-state index in [2.05, 4.69) is 36.8 Å². The Morgan fingerprint density at radius 2 is 2.13 bits per heavy atom. The monoisotopic (exact) mass is 343 g/mol. The number of hydrogen-bond donors (Lipinski definition) is 1. The second-order valence-electron chi connectivity index (χ2n) is 2.67. The van der Waals surface area contributed by atoms with E-state index in [9.17, 15) is 13.6 Å². The molecule has 0 saturated heterocycles. The Bertz CT molecular complexity index is 375. The summed E-state index contributed by atoms with van der Waals surface area (Å²) >= 11 is 5.82. The first-order valence-electron chi connectivity index (χ1n) is 3.76. The van der Waals surface area contributed by atoms with E-state index in [4.69, 9.17) is 5.11 Å². The maximum absolute atomic E-state index is 12.5. The van der Waals surface area contributed by atoms with Crippen molar-refractivity contribution in [3.05, 3.63) is 26.4 Å². The molecule has 0 fully saturated rings. The molecule has 0 aromatic carbocycles. The number of pyridine rings is 1. The lowest BCUT2D eigenvalue weighted by Crippen LogP contribution is -2.04. The fourth-order valence-electron chi connectivity index (χ4n) is 0.981. The molecular weight excluding hydrogens is 340 g/mol. The van der Waals surface area contributed by atoms with E-state index in [0.29, 0.717) is 0 Å². The van der Waals surface area contributed by atoms with E-state index in [1.807, 2.05) is 0 Å². The average molecular weight is 345 g/mol. The average Bonchev–Trinajstić information content (AvgIpc) is 1.99. The molecule has 15 heavy (non-hydrogen) atoms. The van der Waals surface area contributed by atoms with E-state index in [1.54, 1.807) is 0 Å². The van der Waals surface area contributed by atoms with Gasteiger partial charge in [-0.3, -0.25) is 4.79 Å². The number of carboxylic acid groups (broad SMARTS) is 1. The number of nitrogens with zero attached hydrogens (tertiary/aromatic N) is 1. The first-order valence-corrected chi connectivity index (χ1v) is 5.35. The lowest BCUT2D eigenvalue weighted by molar-refractivity contribution is -0.136. The summed E-state index contributed by atoms with van der Waals surface area (Å²) in [6, 6.07) is 1.28. The summed E-state index contributed by atoms with van der Waals surface area (Å²) in [5.41, 5.74) is -0.0604. The molecule has 7 heteroatoms. The summed E-state index contributed by atoms with van der Waals surface area (Å²) in [4.78, 5) is 14.1. The van der Waals surface area contributed by atoms with Crippen LogP contribution in [0.1, 0.15) is 17.7 Å². The van der Waals surface area contributed by atoms with Gasteiger partial charge in [0, 0.05) is 4.47 Å². The third-order valence-electron chi connectivity index (χ3n) is 1.57. The molecular formula is C8H5Br2F2NO2. The van der Waals surface area contributed by atoms with Crippen molar-refractivity contribution in [1.82, 2.24) is 4.98 Å². The molecule has 0 aliphatic rings. The highest BCUT2D eigenvalue weighted by molar-refractivity contribution is 9.11. The second kappa shape index (κ2) is 4.98. The van der Waals surface area contributed by atoms with Crippen LogP contribution in [-0.2, 0) is 11.2 Å². The number of carboxylic acids is 1. The number of rotatable bonds is 3. The van der Waals surface area contributed by atoms with Gasteiger partial charge in [0.05, 0.1) is 17.7 Å². The summed E-state index contributed by atoms with van der Waals surface area (Å²) in [7, 11) is 0. The highest BCUT2D eigenvalue weighted by Gasteiger charge is 2.18. The maximum atomic E-state index is 12.5. The SMILES string of the molecule is O=C(O)Cc1cc(Br)c(C(F)F)c(Br)n1. The van der Waals surface area contributed by atoms with Crippen molar-refractivity contribution in [1.29, 1.82) is 0 Å². The first-order chi connectivity index (χ1) is 6.91. The van der Waals surface area contributed by atoms with Gasteiger partial charge in [-0.25, -0.2) is 13.8 Å². The maximum Gasteiger partial charge on any atom is 0.309 e. The number of aromatic nitrogens is 1. The molecule has 0 atom stereocenters. The Morgan fingerprint density at radius 1 is 1.53 bits per heavy atom. The van der Waals surface area contributed by atoms with Gasteiger partial charge in [-0.05, 0) is 22.0 Å². The summed E-state index contributed by atoms with van der Waals surface area (Å²) in [5.74, 6) is -1.06. The van der Waals surface area contributed by atoms with Gasteiger partial charge >= 0.3 is 5.97 Å². The first kappa shape index (κ1) is 12.5. The molecule has 1 aromatic rings. The molecule has 1 heterocycles. The van der Waals surface area contributed by atoms with Crippen molar-refractivity contribution in [2.24, 2.45) is 0 Å². The van der Waals surface area contributed by atoms with Crippen molar-refractivity contribution in [2.45, 2.75) is 12.8 Å². The largest absolute Gasteiger partial charge is 0.481 e. The zero-order valence-corrected chi connectivity index (χ0v) is 10.3. The molecule has 0 radical (unpaired) electrons. The Morgan fingerprint density at radius 3 is 2.53 bits per heavy atom. The van der Waals surface area contributed by atoms with Crippen molar-refractivity contribution in [3.63, 3.8) is 0 Å². The van der Waals surface area contributed by atoms with Gasteiger partial charge in [0.2, 0.25) is 0 Å². The molecule has 82 valence electrons. The Hall–Kier alpha value is -0.560. The lowest BCUT2D eigenvalue weighted by Gasteiger charge is -2.07. The van der Waals surface area contributed by atoms with E-state index < -0.39 is 12.4 Å². The molecule has 0 unspecified atom stereocenters. The second-order valence-corrected chi connectivity index (χ2v) is 4.28. The molecule has 0 aliphatic heterocycles. The standard InChI is InChI=1S/C8H5Br2F2NO2/c9-4-1-3(2-5(14)15)13-7(10)6(4)8(11)12/h1,8H,2H2,(H,14,15). The molecule has 0 amide bonds. The third-order valence-corrected chi connectivity index (χ3v) is 2.83. The van der Waals surface area contributed by atoms with E-state index in [0.717, 1.165) is 0 Å². The van der Waals surface area contributed by atoms with Crippen molar-refractivity contribution in [3.8, 4) is 0 Å². The van der Waals surface area contributed by atoms with Crippen LogP contribution in [0, 0.1) is 0 Å². The number of aliphatic carboxylic acids is 1. The molecule has 3 nitrogen and oxygen atoms in total. The fourth-order valence-corrected chi connectivity index (χ4v) is 2.49. The number of hydrogen-bond acceptors (Lipinski definition) is 2. The van der Waals surface area contributed by atoms with Gasteiger partial charge in [-0.2, -0.15) is 0 Å². The minimum absolute atomic E-state index is 0.0388. The predicted molar refractivity (Wildman–Crippen MR) is 55.9 cm³/mol. The van der Waals surface area contributed by atoms with Crippen LogP contribution in [0.5, 0.6) is 0 Å². The molecule has 1 N–H and O–H groups in total. The molecule has 1 aromatic heterocycles. The van der Waals surface area contributed by atoms with Crippen LogP contribution in [-0.4, -0.2) is 16.1 Å². The highest BCUT2D eigenvalue weighted by Crippen LogP contribution is 2.33. The topological polar surface area (TPSA) is 50.2 Å². The number of alkyl halides is 2. The smallest absolute Gasteiger partial charge is 0.309 e. The van der Waals surface area contributed by atoms with Gasteiger partial charge in [0.1, 0.15) is 4.60 Å². The molecule has 0 bridgehead atoms. The van der Waals surface area contributed by atoms with Gasteiger partial charge in [-0.1, -0.05) is 15.9 Å². The summed E-state index contributed by atoms with van der Waals surface area (Å²) in [6.07, 6.45) is -2.97. The quantitative estimate of drug-likeness (QED) is 0.857. The minimum atomic E-state index is -2.67. The van der Waals surface area contributed by atoms with Gasteiger partial charge in [0.15, 0.2) is 0 Å². The molecule has 0 aliphatic carbocycles. The van der Waals surface area contributed by atoms with Crippen LogP contribution in [0.3, 0.4) is 0 Å². The van der Waals surface area contributed by atoms with Crippen molar-refractivity contribution >= 4 is 37.8 Å². The van der Waals surface area contributed by atoms with E-state index in [-0.39, 0.29) is 26.8 Å². The van der Waals surface area contributed by atoms with Crippen molar-refractivity contribution in [2.75, 3.05) is 0 Å². The molecule has 1 rings (SSSR count). The van der Waals surface area contributed by atoms with Crippen LogP contribution in [0.25, 0.3) is 0 Å². The van der Waals surface area contributed by atoms with E-state index in [1.165, 1.54) is 6.07 Å². The number of halogens is 4. The van der Waals surface area contributed by atoms with Gasteiger partial charge < -0.3 is 5.11 Å². The highest BCUT2D eigenvalue weighted by atomic mass is 79.9.